The Morgan fingerprint density at radius 2 is 1.81 bits per heavy atom. The standard InChI is InChI=1S/C19H25N7O4S/c1-11-16(17(29)30)31-19(20-11)23-18-21-13(25-5-3-12(27)4-6-25)9-14(22-18)26-8-7-24(2)15(28)10-26/h9,12,27H,3-8,10H2,1-2H3,(H,29,30)(H,20,21,22,23). The van der Waals surface area contributed by atoms with Crippen molar-refractivity contribution in [1.82, 2.24) is 19.9 Å². The van der Waals surface area contributed by atoms with Crippen molar-refractivity contribution in [3.63, 3.8) is 0 Å². The molecule has 4 rings (SSSR count). The number of aromatic nitrogens is 3. The lowest BCUT2D eigenvalue weighted by molar-refractivity contribution is -0.129. The van der Waals surface area contributed by atoms with E-state index in [1.807, 2.05) is 11.0 Å². The number of aromatic carboxylic acids is 1. The fraction of sp³-hybridized carbons (Fsp3) is 0.526. The minimum atomic E-state index is -1.03. The number of nitrogens with zero attached hydrogens (tertiary/aromatic N) is 6. The van der Waals surface area contributed by atoms with E-state index in [1.165, 1.54) is 0 Å². The number of nitrogens with one attached hydrogen (secondary N) is 1. The lowest BCUT2D eigenvalue weighted by atomic mass is 10.1. The molecule has 0 spiro atoms. The van der Waals surface area contributed by atoms with E-state index in [0.29, 0.717) is 61.5 Å². The highest BCUT2D eigenvalue weighted by molar-refractivity contribution is 7.17. The van der Waals surface area contributed by atoms with E-state index in [-0.39, 0.29) is 29.4 Å². The summed E-state index contributed by atoms with van der Waals surface area (Å²) >= 11 is 1.02. The van der Waals surface area contributed by atoms with Crippen LogP contribution >= 0.6 is 11.3 Å². The summed E-state index contributed by atoms with van der Waals surface area (Å²) in [6.45, 7) is 4.45. The lowest BCUT2D eigenvalue weighted by Gasteiger charge is -2.34. The number of hydrogen-bond acceptors (Lipinski definition) is 10. The van der Waals surface area contributed by atoms with Gasteiger partial charge in [0.25, 0.3) is 0 Å². The van der Waals surface area contributed by atoms with Crippen LogP contribution in [0, 0.1) is 6.92 Å². The third-order valence-corrected chi connectivity index (χ3v) is 6.54. The molecule has 0 aromatic carbocycles. The molecule has 0 aliphatic carbocycles. The molecule has 31 heavy (non-hydrogen) atoms. The number of carbonyl (C=O) groups is 2. The number of carboxylic acid groups (broad SMARTS) is 1. The molecular weight excluding hydrogens is 422 g/mol. The van der Waals surface area contributed by atoms with Gasteiger partial charge < -0.3 is 24.9 Å². The molecule has 0 atom stereocenters. The predicted octanol–water partition coefficient (Wildman–Crippen LogP) is 0.923. The van der Waals surface area contributed by atoms with Gasteiger partial charge in [0.1, 0.15) is 16.5 Å². The van der Waals surface area contributed by atoms with Crippen molar-refractivity contribution in [2.24, 2.45) is 0 Å². The van der Waals surface area contributed by atoms with Gasteiger partial charge in [0.15, 0.2) is 5.13 Å². The van der Waals surface area contributed by atoms with E-state index in [0.717, 1.165) is 11.3 Å². The zero-order valence-corrected chi connectivity index (χ0v) is 18.2. The molecule has 2 aromatic heterocycles. The fourth-order valence-corrected chi connectivity index (χ4v) is 4.39. The Morgan fingerprint density at radius 3 is 2.42 bits per heavy atom. The van der Waals surface area contributed by atoms with Gasteiger partial charge in [-0.2, -0.15) is 9.97 Å². The predicted molar refractivity (Wildman–Crippen MR) is 116 cm³/mol. The number of aryl methyl sites for hydroxylation is 1. The Bertz CT molecular complexity index is 990. The van der Waals surface area contributed by atoms with Crippen LogP contribution in [0.25, 0.3) is 0 Å². The minimum Gasteiger partial charge on any atom is -0.477 e. The second-order valence-electron chi connectivity index (χ2n) is 7.73. The lowest BCUT2D eigenvalue weighted by Crippen LogP contribution is -2.49. The number of hydrogen-bond donors (Lipinski definition) is 3. The SMILES string of the molecule is Cc1nc(Nc2nc(N3CCC(O)CC3)cc(N3CCN(C)C(=O)C3)n2)sc1C(=O)O. The molecule has 12 heteroatoms. The molecule has 0 bridgehead atoms. The number of thiazole rings is 1. The summed E-state index contributed by atoms with van der Waals surface area (Å²) in [5.74, 6) is 0.588. The summed E-state index contributed by atoms with van der Waals surface area (Å²) in [4.78, 5) is 42.8. The van der Waals surface area contributed by atoms with Crippen molar-refractivity contribution < 1.29 is 19.8 Å². The minimum absolute atomic E-state index is 0.0173. The Kier molecular flexibility index (Phi) is 5.92. The number of likely N-dealkylation sites (N-methyl/N-ethyl adjacent to an activating group) is 1. The number of piperazine rings is 1. The first kappa shape index (κ1) is 21.2. The fourth-order valence-electron chi connectivity index (χ4n) is 3.59. The summed E-state index contributed by atoms with van der Waals surface area (Å²) in [6, 6.07) is 1.86. The van der Waals surface area contributed by atoms with Gasteiger partial charge in [0.05, 0.1) is 18.3 Å². The first-order valence-electron chi connectivity index (χ1n) is 10.1. The Balaban J connectivity index is 1.65. The van der Waals surface area contributed by atoms with Crippen LogP contribution in [-0.4, -0.2) is 87.8 Å². The van der Waals surface area contributed by atoms with E-state index in [9.17, 15) is 19.8 Å². The normalized spacial score (nSPS) is 17.9. The molecule has 2 aromatic rings. The molecule has 2 fully saturated rings. The first-order valence-corrected chi connectivity index (χ1v) is 10.9. The highest BCUT2D eigenvalue weighted by Gasteiger charge is 2.25. The van der Waals surface area contributed by atoms with E-state index in [4.69, 9.17) is 0 Å². The van der Waals surface area contributed by atoms with E-state index in [1.54, 1.807) is 18.9 Å². The zero-order chi connectivity index (χ0) is 22.1. The van der Waals surface area contributed by atoms with Crippen LogP contribution in [0.4, 0.5) is 22.7 Å². The summed E-state index contributed by atoms with van der Waals surface area (Å²) in [6.07, 6.45) is 1.00. The summed E-state index contributed by atoms with van der Waals surface area (Å²) in [5.41, 5.74) is 0.422. The molecule has 2 aliphatic rings. The smallest absolute Gasteiger partial charge is 0.347 e. The van der Waals surface area contributed by atoms with Crippen LogP contribution in [0.15, 0.2) is 6.07 Å². The van der Waals surface area contributed by atoms with Crippen molar-refractivity contribution in [3.8, 4) is 0 Å². The summed E-state index contributed by atoms with van der Waals surface area (Å²) in [5, 5.41) is 22.5. The van der Waals surface area contributed by atoms with Gasteiger partial charge in [0, 0.05) is 39.3 Å². The average molecular weight is 448 g/mol. The Labute approximate surface area is 183 Å². The molecule has 0 unspecified atom stereocenters. The zero-order valence-electron chi connectivity index (χ0n) is 17.4. The highest BCUT2D eigenvalue weighted by Crippen LogP contribution is 2.29. The molecule has 4 heterocycles. The van der Waals surface area contributed by atoms with E-state index in [2.05, 4.69) is 25.2 Å². The van der Waals surface area contributed by atoms with Crippen LogP contribution in [0.1, 0.15) is 28.2 Å². The van der Waals surface area contributed by atoms with Crippen LogP contribution in [0.2, 0.25) is 0 Å². The molecule has 11 nitrogen and oxygen atoms in total. The van der Waals surface area contributed by atoms with Crippen LogP contribution in [-0.2, 0) is 4.79 Å². The number of aliphatic hydroxyl groups excluding tert-OH is 1. The van der Waals surface area contributed by atoms with Crippen molar-refractivity contribution in [2.45, 2.75) is 25.9 Å². The van der Waals surface area contributed by atoms with Gasteiger partial charge in [-0.05, 0) is 19.8 Å². The van der Waals surface area contributed by atoms with Crippen LogP contribution in [0.5, 0.6) is 0 Å². The molecule has 166 valence electrons. The molecule has 2 aliphatic heterocycles. The summed E-state index contributed by atoms with van der Waals surface area (Å²) in [7, 11) is 1.78. The van der Waals surface area contributed by atoms with Crippen molar-refractivity contribution in [1.29, 1.82) is 0 Å². The molecule has 1 amide bonds. The van der Waals surface area contributed by atoms with Gasteiger partial charge in [-0.3, -0.25) is 10.1 Å². The van der Waals surface area contributed by atoms with E-state index < -0.39 is 5.97 Å². The maximum absolute atomic E-state index is 12.2. The molecule has 2 saturated heterocycles. The number of carboxylic acids is 1. The summed E-state index contributed by atoms with van der Waals surface area (Å²) < 4.78 is 0. The van der Waals surface area contributed by atoms with Gasteiger partial charge in [-0.1, -0.05) is 11.3 Å². The maximum Gasteiger partial charge on any atom is 0.347 e. The maximum atomic E-state index is 12.2. The third kappa shape index (κ3) is 4.69. The van der Waals surface area contributed by atoms with Crippen molar-refractivity contribution >= 4 is 45.9 Å². The third-order valence-electron chi connectivity index (χ3n) is 5.48. The highest BCUT2D eigenvalue weighted by atomic mass is 32.1. The topological polar surface area (TPSA) is 135 Å². The molecule has 0 saturated carbocycles. The molecular formula is C19H25N7O4S. The van der Waals surface area contributed by atoms with Gasteiger partial charge in [0.2, 0.25) is 11.9 Å². The average Bonchev–Trinajstić information content (AvgIpc) is 3.10. The second kappa shape index (κ2) is 8.63. The molecule has 3 N–H and O–H groups in total. The second-order valence-corrected chi connectivity index (χ2v) is 8.73. The largest absolute Gasteiger partial charge is 0.477 e. The van der Waals surface area contributed by atoms with Gasteiger partial charge in [-0.25, -0.2) is 9.78 Å². The van der Waals surface area contributed by atoms with Crippen LogP contribution in [0.3, 0.4) is 0 Å². The Morgan fingerprint density at radius 1 is 1.13 bits per heavy atom. The number of amides is 1. The van der Waals surface area contributed by atoms with Crippen molar-refractivity contribution in [3.05, 3.63) is 16.6 Å². The van der Waals surface area contributed by atoms with Gasteiger partial charge in [-0.15, -0.1) is 0 Å². The number of aliphatic hydroxyl groups is 1. The first-order chi connectivity index (χ1) is 14.8. The number of anilines is 4. The van der Waals surface area contributed by atoms with Crippen LogP contribution < -0.4 is 15.1 Å². The monoisotopic (exact) mass is 447 g/mol. The van der Waals surface area contributed by atoms with E-state index >= 15 is 0 Å². The number of carbonyl (C=O) groups excluding carboxylic acids is 1. The number of rotatable bonds is 5. The van der Waals surface area contributed by atoms with Crippen molar-refractivity contribution in [2.75, 3.05) is 54.9 Å². The number of piperidine rings is 1. The van der Waals surface area contributed by atoms with Gasteiger partial charge >= 0.3 is 5.97 Å². The quantitative estimate of drug-likeness (QED) is 0.607. The Hall–Kier alpha value is -2.99. The molecule has 0 radical (unpaired) electrons.